The van der Waals surface area contributed by atoms with Gasteiger partial charge in [0.25, 0.3) is 17.6 Å². The fraction of sp³-hybridized carbons (Fsp3) is 0.269. The van der Waals surface area contributed by atoms with Crippen molar-refractivity contribution in [1.82, 2.24) is 5.32 Å². The second-order valence-corrected chi connectivity index (χ2v) is 10.1. The quantitative estimate of drug-likeness (QED) is 0.305. The lowest BCUT2D eigenvalue weighted by Crippen LogP contribution is -2.54. The van der Waals surface area contributed by atoms with Gasteiger partial charge >= 0.3 is 0 Å². The smallest absolute Gasteiger partial charge is 0.269 e. The Morgan fingerprint density at radius 1 is 1.08 bits per heavy atom. The highest BCUT2D eigenvalue weighted by atomic mass is 79.9. The number of carbonyl (C=O) groups excluding carboxylic acids is 1. The number of anilines is 1. The van der Waals surface area contributed by atoms with Crippen LogP contribution in [0.5, 0.6) is 11.5 Å². The number of hydrogen-bond acceptors (Lipinski definition) is 8. The maximum Gasteiger partial charge on any atom is 0.269 e. The topological polar surface area (TPSA) is 146 Å². The summed E-state index contributed by atoms with van der Waals surface area (Å²) < 4.78 is 12.0. The predicted molar refractivity (Wildman–Crippen MR) is 141 cm³/mol. The van der Waals surface area contributed by atoms with E-state index in [0.29, 0.717) is 38.3 Å². The van der Waals surface area contributed by atoms with Crippen LogP contribution in [0.3, 0.4) is 0 Å². The van der Waals surface area contributed by atoms with Gasteiger partial charge in [-0.15, -0.1) is 0 Å². The van der Waals surface area contributed by atoms with E-state index < -0.39 is 39.3 Å². The van der Waals surface area contributed by atoms with E-state index in [9.17, 15) is 25.0 Å². The minimum atomic E-state index is -1.53. The van der Waals surface area contributed by atoms with E-state index in [2.05, 4.69) is 26.6 Å². The first-order valence-corrected chi connectivity index (χ1v) is 12.5. The number of carbonyl (C=O) groups is 1. The summed E-state index contributed by atoms with van der Waals surface area (Å²) in [6.07, 6.45) is 0. The first-order chi connectivity index (χ1) is 18.2. The number of non-ortho nitro benzene ring substituents is 1. The predicted octanol–water partition coefficient (Wildman–Crippen LogP) is 4.51. The lowest BCUT2D eigenvalue weighted by Gasteiger charge is -2.25. The summed E-state index contributed by atoms with van der Waals surface area (Å²) in [6, 6.07) is 14.7. The summed E-state index contributed by atoms with van der Waals surface area (Å²) in [7, 11) is 1.45. The number of nitrogens with zero attached hydrogens (tertiary/aromatic N) is 2. The Balaban J connectivity index is 1.51. The molecule has 38 heavy (non-hydrogen) atoms. The van der Waals surface area contributed by atoms with Crippen LogP contribution in [0.1, 0.15) is 29.5 Å². The van der Waals surface area contributed by atoms with Crippen LogP contribution in [-0.2, 0) is 16.9 Å². The number of nitro groups is 2. The summed E-state index contributed by atoms with van der Waals surface area (Å²) >= 11 is 3.50. The summed E-state index contributed by atoms with van der Waals surface area (Å²) in [5.74, 6) is -0.473. The monoisotopic (exact) mass is 582 g/mol. The number of halogens is 1. The largest absolute Gasteiger partial charge is 0.493 e. The van der Waals surface area contributed by atoms with Gasteiger partial charge in [0.2, 0.25) is 0 Å². The van der Waals surface area contributed by atoms with Gasteiger partial charge in [-0.1, -0.05) is 30.3 Å². The molecule has 4 atom stereocenters. The van der Waals surface area contributed by atoms with Crippen LogP contribution in [0.4, 0.5) is 11.4 Å². The number of rotatable bonds is 7. The van der Waals surface area contributed by atoms with Crippen LogP contribution in [0, 0.1) is 20.2 Å². The van der Waals surface area contributed by atoms with Gasteiger partial charge in [-0.25, -0.2) is 0 Å². The molecular formula is C26H23BrN4O7. The highest BCUT2D eigenvalue weighted by Gasteiger charge is 2.67. The lowest BCUT2D eigenvalue weighted by molar-refractivity contribution is -0.532. The van der Waals surface area contributed by atoms with Gasteiger partial charge in [0.05, 0.1) is 22.4 Å². The molecule has 0 radical (unpaired) electrons. The molecule has 2 aliphatic heterocycles. The SMILES string of the molecule is COc1cc([C@@H]2[C@H](C)N[C@]3(C(=O)Nc4ccccc43)[C@H]2[N+](=O)[O-])cc(Br)c1OCc1cccc([N+](=O)[O-])c1. The van der Waals surface area contributed by atoms with Crippen LogP contribution in [0.25, 0.3) is 0 Å². The molecule has 2 heterocycles. The van der Waals surface area contributed by atoms with E-state index in [4.69, 9.17) is 9.47 Å². The Labute approximate surface area is 225 Å². The summed E-state index contributed by atoms with van der Waals surface area (Å²) in [6.45, 7) is 1.85. The van der Waals surface area contributed by atoms with Gasteiger partial charge in [0.15, 0.2) is 17.0 Å². The molecule has 2 aliphatic rings. The standard InChI is InChI=1S/C26H23BrN4O7/c1-14-22(24(31(35)36)26(29-14)18-8-3-4-9-20(18)28-25(26)32)16-11-19(27)23(21(12-16)37-2)38-13-15-6-5-7-17(10-15)30(33)34/h3-12,14,22,24,29H,13H2,1-2H3,(H,28,32)/t14-,22-,24-,26-/m0/s1. The molecule has 3 aromatic rings. The number of ether oxygens (including phenoxy) is 2. The van der Waals surface area contributed by atoms with E-state index in [0.717, 1.165) is 0 Å². The first-order valence-electron chi connectivity index (χ1n) is 11.7. The Morgan fingerprint density at radius 2 is 1.84 bits per heavy atom. The number of amides is 1. The minimum Gasteiger partial charge on any atom is -0.493 e. The number of para-hydroxylation sites is 1. The Bertz CT molecular complexity index is 1470. The first kappa shape index (κ1) is 25.6. The Kier molecular flexibility index (Phi) is 6.53. The van der Waals surface area contributed by atoms with Gasteiger partial charge < -0.3 is 14.8 Å². The fourth-order valence-corrected chi connectivity index (χ4v) is 6.12. The molecule has 1 spiro atoms. The molecule has 1 fully saturated rings. The maximum absolute atomic E-state index is 13.2. The van der Waals surface area contributed by atoms with Gasteiger partial charge in [-0.3, -0.25) is 30.3 Å². The molecular weight excluding hydrogens is 560 g/mol. The highest BCUT2D eigenvalue weighted by molar-refractivity contribution is 9.10. The normalized spacial score (nSPS) is 23.7. The summed E-state index contributed by atoms with van der Waals surface area (Å²) in [5.41, 5.74) is 0.699. The third-order valence-corrected chi connectivity index (χ3v) is 7.69. The highest BCUT2D eigenvalue weighted by Crippen LogP contribution is 2.51. The van der Waals surface area contributed by atoms with E-state index in [1.165, 1.54) is 19.2 Å². The van der Waals surface area contributed by atoms with Crippen molar-refractivity contribution in [2.75, 3.05) is 12.4 Å². The van der Waals surface area contributed by atoms with Crippen molar-refractivity contribution in [3.05, 3.63) is 102 Å². The number of nitro benzene ring substituents is 1. The van der Waals surface area contributed by atoms with Gasteiger partial charge in [-0.2, -0.15) is 0 Å². The molecule has 3 aromatic carbocycles. The van der Waals surface area contributed by atoms with Crippen molar-refractivity contribution in [1.29, 1.82) is 0 Å². The van der Waals surface area contributed by atoms with Crippen molar-refractivity contribution in [3.63, 3.8) is 0 Å². The van der Waals surface area contributed by atoms with E-state index >= 15 is 0 Å². The van der Waals surface area contributed by atoms with Gasteiger partial charge in [0.1, 0.15) is 6.61 Å². The number of nitrogens with one attached hydrogen (secondary N) is 2. The van der Waals surface area contributed by atoms with Crippen LogP contribution < -0.4 is 20.1 Å². The van der Waals surface area contributed by atoms with Crippen molar-refractivity contribution in [2.45, 2.75) is 37.1 Å². The van der Waals surface area contributed by atoms with Crippen LogP contribution in [-0.4, -0.2) is 34.9 Å². The zero-order valence-electron chi connectivity index (χ0n) is 20.3. The summed E-state index contributed by atoms with van der Waals surface area (Å²) in [4.78, 5) is 36.0. The Hall–Kier alpha value is -4.03. The third kappa shape index (κ3) is 4.05. The average molecular weight is 583 g/mol. The van der Waals surface area contributed by atoms with Crippen molar-refractivity contribution in [3.8, 4) is 11.5 Å². The van der Waals surface area contributed by atoms with E-state index in [-0.39, 0.29) is 12.3 Å². The number of benzene rings is 3. The van der Waals surface area contributed by atoms with Gasteiger partial charge in [0, 0.05) is 34.3 Å². The molecule has 1 amide bonds. The molecule has 11 nitrogen and oxygen atoms in total. The molecule has 5 rings (SSSR count). The Morgan fingerprint density at radius 3 is 2.55 bits per heavy atom. The van der Waals surface area contributed by atoms with Crippen molar-refractivity contribution < 1.29 is 24.1 Å². The van der Waals surface area contributed by atoms with Crippen LogP contribution in [0.15, 0.2) is 65.1 Å². The zero-order valence-corrected chi connectivity index (χ0v) is 21.9. The molecule has 0 aliphatic carbocycles. The molecule has 2 N–H and O–H groups in total. The minimum absolute atomic E-state index is 0.0367. The molecule has 196 valence electrons. The molecule has 0 bridgehead atoms. The van der Waals surface area contributed by atoms with Crippen molar-refractivity contribution in [2.24, 2.45) is 0 Å². The molecule has 0 aromatic heterocycles. The van der Waals surface area contributed by atoms with Crippen LogP contribution in [0.2, 0.25) is 0 Å². The second kappa shape index (κ2) is 9.69. The van der Waals surface area contributed by atoms with Crippen molar-refractivity contribution >= 4 is 33.2 Å². The zero-order chi connectivity index (χ0) is 27.2. The fourth-order valence-electron chi connectivity index (χ4n) is 5.54. The van der Waals surface area contributed by atoms with E-state index in [1.807, 2.05) is 6.92 Å². The van der Waals surface area contributed by atoms with E-state index in [1.54, 1.807) is 48.5 Å². The molecule has 0 unspecified atom stereocenters. The maximum atomic E-state index is 13.2. The third-order valence-electron chi connectivity index (χ3n) is 7.10. The summed E-state index contributed by atoms with van der Waals surface area (Å²) in [5, 5.41) is 29.7. The number of methoxy groups -OCH3 is 1. The molecule has 0 saturated carbocycles. The lowest BCUT2D eigenvalue weighted by atomic mass is 9.78. The number of fused-ring (bicyclic) bond motifs is 2. The van der Waals surface area contributed by atoms with Crippen LogP contribution >= 0.6 is 15.9 Å². The van der Waals surface area contributed by atoms with Gasteiger partial charge in [-0.05, 0) is 52.2 Å². The second-order valence-electron chi connectivity index (χ2n) is 9.25. The average Bonchev–Trinajstić information content (AvgIpc) is 3.36. The number of hydrogen-bond donors (Lipinski definition) is 2. The molecule has 12 heteroatoms. The molecule has 1 saturated heterocycles.